The minimum absolute atomic E-state index is 0.569. The summed E-state index contributed by atoms with van der Waals surface area (Å²) in [5.74, 6) is 0. The number of hydrogen-bond donors (Lipinski definition) is 0. The smallest absolute Gasteiger partial charge is 0.0993 e. The molecule has 0 radical (unpaired) electrons. The zero-order chi connectivity index (χ0) is 25.0. The Morgan fingerprint density at radius 3 is 1.32 bits per heavy atom. The lowest BCUT2D eigenvalue weighted by atomic mass is 10.0. The van der Waals surface area contributed by atoms with Crippen molar-refractivity contribution < 1.29 is 0 Å². The third-order valence-electron chi connectivity index (χ3n) is 6.19. The van der Waals surface area contributed by atoms with Gasteiger partial charge in [0.05, 0.1) is 47.1 Å². The molecule has 0 aliphatic rings. The van der Waals surface area contributed by atoms with Gasteiger partial charge >= 0.3 is 0 Å². The van der Waals surface area contributed by atoms with E-state index in [1.54, 1.807) is 26.8 Å². The van der Waals surface area contributed by atoms with E-state index in [-0.39, 0.29) is 0 Å². The summed E-state index contributed by atoms with van der Waals surface area (Å²) >= 11 is 0. The molecular weight excluding hydrogens is 418 g/mol. The van der Waals surface area contributed by atoms with Crippen LogP contribution >= 0.6 is 0 Å². The molecule has 0 fully saturated rings. The SMILES string of the molecule is C/N=C/N(c1cc(C#N)cc(N(/C=N/C)c2cc(C)c(C)cc2C)c1)c1cc(C)c(C)cc1C. The largest absolute Gasteiger partial charge is 0.301 e. The second kappa shape index (κ2) is 10.4. The second-order valence-corrected chi connectivity index (χ2v) is 8.78. The number of anilines is 4. The van der Waals surface area contributed by atoms with Gasteiger partial charge in [0.25, 0.3) is 0 Å². The van der Waals surface area contributed by atoms with Gasteiger partial charge in [0.15, 0.2) is 0 Å². The molecule has 3 rings (SSSR count). The lowest BCUT2D eigenvalue weighted by Crippen LogP contribution is -2.19. The fourth-order valence-corrected chi connectivity index (χ4v) is 4.11. The minimum atomic E-state index is 0.569. The summed E-state index contributed by atoms with van der Waals surface area (Å²) < 4.78 is 0. The molecule has 5 nitrogen and oxygen atoms in total. The summed E-state index contributed by atoms with van der Waals surface area (Å²) in [5.41, 5.74) is 11.6. The Morgan fingerprint density at radius 1 is 0.588 bits per heavy atom. The molecule has 0 saturated carbocycles. The van der Waals surface area contributed by atoms with Crippen molar-refractivity contribution in [1.29, 1.82) is 5.26 Å². The number of hydrogen-bond acceptors (Lipinski definition) is 3. The quantitative estimate of drug-likeness (QED) is 0.299. The predicted octanol–water partition coefficient (Wildman–Crippen LogP) is 7.00. The van der Waals surface area contributed by atoms with Gasteiger partial charge in [0, 0.05) is 14.1 Å². The Bertz CT molecular complexity index is 1220. The lowest BCUT2D eigenvalue weighted by Gasteiger charge is -2.27. The van der Waals surface area contributed by atoms with Crippen molar-refractivity contribution in [3.63, 3.8) is 0 Å². The molecule has 174 valence electrons. The standard InChI is InChI=1S/C29H33N5/c1-19-9-23(5)28(11-21(19)3)33(17-31-7)26-13-25(16-30)14-27(15-26)34(18-32-8)29-12-22(4)20(2)10-24(29)6/h9-15,17-18H,1-8H3/b31-17+,32-18+. The van der Waals surface area contributed by atoms with Gasteiger partial charge in [-0.3, -0.25) is 9.98 Å². The first-order valence-electron chi connectivity index (χ1n) is 11.3. The first-order valence-corrected chi connectivity index (χ1v) is 11.3. The number of nitrogens with zero attached hydrogens (tertiary/aromatic N) is 5. The highest BCUT2D eigenvalue weighted by Gasteiger charge is 2.17. The molecule has 0 saturated heterocycles. The average Bonchev–Trinajstić information content (AvgIpc) is 2.80. The molecule has 0 aromatic heterocycles. The summed E-state index contributed by atoms with van der Waals surface area (Å²) in [6.45, 7) is 12.7. The van der Waals surface area contributed by atoms with Gasteiger partial charge in [0.1, 0.15) is 0 Å². The van der Waals surface area contributed by atoms with E-state index >= 15 is 0 Å². The van der Waals surface area contributed by atoms with E-state index in [0.29, 0.717) is 5.56 Å². The van der Waals surface area contributed by atoms with Crippen LogP contribution in [0.5, 0.6) is 0 Å². The Balaban J connectivity index is 2.25. The fourth-order valence-electron chi connectivity index (χ4n) is 4.11. The number of benzene rings is 3. The second-order valence-electron chi connectivity index (χ2n) is 8.78. The van der Waals surface area contributed by atoms with Gasteiger partial charge in [-0.2, -0.15) is 5.26 Å². The topological polar surface area (TPSA) is 55.0 Å². The van der Waals surface area contributed by atoms with Crippen molar-refractivity contribution >= 4 is 35.4 Å². The summed E-state index contributed by atoms with van der Waals surface area (Å²) in [6.07, 6.45) is 3.60. The van der Waals surface area contributed by atoms with E-state index in [1.165, 1.54) is 22.3 Å². The third-order valence-corrected chi connectivity index (χ3v) is 6.19. The zero-order valence-corrected chi connectivity index (χ0v) is 21.4. The predicted molar refractivity (Wildman–Crippen MR) is 146 cm³/mol. The van der Waals surface area contributed by atoms with E-state index in [0.717, 1.165) is 33.9 Å². The van der Waals surface area contributed by atoms with Crippen molar-refractivity contribution in [1.82, 2.24) is 0 Å². The van der Waals surface area contributed by atoms with E-state index in [1.807, 2.05) is 21.9 Å². The number of aryl methyl sites for hydroxylation is 6. The molecule has 0 unspecified atom stereocenters. The highest BCUT2D eigenvalue weighted by Crippen LogP contribution is 2.36. The Morgan fingerprint density at radius 2 is 0.971 bits per heavy atom. The Kier molecular flexibility index (Phi) is 7.53. The number of aliphatic imine (C=N–C) groups is 2. The van der Waals surface area contributed by atoms with Crippen LogP contribution in [0.3, 0.4) is 0 Å². The first kappa shape index (κ1) is 24.7. The molecule has 0 spiro atoms. The van der Waals surface area contributed by atoms with Gasteiger partial charge in [0.2, 0.25) is 0 Å². The lowest BCUT2D eigenvalue weighted by molar-refractivity contribution is 1.23. The molecule has 0 amide bonds. The van der Waals surface area contributed by atoms with Crippen molar-refractivity contribution in [3.8, 4) is 6.07 Å². The third kappa shape index (κ3) is 5.02. The molecule has 0 aliphatic carbocycles. The fraction of sp³-hybridized carbons (Fsp3) is 0.276. The molecule has 3 aromatic carbocycles. The maximum absolute atomic E-state index is 9.87. The van der Waals surface area contributed by atoms with Crippen LogP contribution in [-0.2, 0) is 0 Å². The molecule has 0 bridgehead atoms. The van der Waals surface area contributed by atoms with E-state index < -0.39 is 0 Å². The average molecular weight is 452 g/mol. The van der Waals surface area contributed by atoms with Gasteiger partial charge in [-0.05, 0) is 105 Å². The molecular formula is C29H33N5. The van der Waals surface area contributed by atoms with Crippen LogP contribution in [0.1, 0.15) is 38.9 Å². The van der Waals surface area contributed by atoms with Crippen LogP contribution < -0.4 is 9.80 Å². The van der Waals surface area contributed by atoms with Crippen LogP contribution in [0.15, 0.2) is 52.4 Å². The molecule has 0 heterocycles. The van der Waals surface area contributed by atoms with Crippen LogP contribution in [0.25, 0.3) is 0 Å². The molecule has 5 heteroatoms. The molecule has 34 heavy (non-hydrogen) atoms. The Hall–Kier alpha value is -3.91. The van der Waals surface area contributed by atoms with Gasteiger partial charge < -0.3 is 9.80 Å². The van der Waals surface area contributed by atoms with Crippen molar-refractivity contribution in [2.75, 3.05) is 23.9 Å². The molecule has 0 N–H and O–H groups in total. The monoisotopic (exact) mass is 451 g/mol. The van der Waals surface area contributed by atoms with Crippen LogP contribution in [-0.4, -0.2) is 26.8 Å². The van der Waals surface area contributed by atoms with Crippen LogP contribution in [0, 0.1) is 52.9 Å². The van der Waals surface area contributed by atoms with Crippen molar-refractivity contribution in [2.24, 2.45) is 9.98 Å². The molecule has 0 aliphatic heterocycles. The normalized spacial score (nSPS) is 11.3. The van der Waals surface area contributed by atoms with Crippen LogP contribution in [0.4, 0.5) is 22.7 Å². The van der Waals surface area contributed by atoms with Crippen LogP contribution in [0.2, 0.25) is 0 Å². The Labute approximate surface area is 203 Å². The molecule has 3 aromatic rings. The summed E-state index contributed by atoms with van der Waals surface area (Å²) in [7, 11) is 3.51. The summed E-state index contributed by atoms with van der Waals surface area (Å²) in [5, 5.41) is 9.87. The first-order chi connectivity index (χ1) is 16.2. The number of rotatable bonds is 6. The van der Waals surface area contributed by atoms with E-state index in [4.69, 9.17) is 0 Å². The number of nitriles is 1. The van der Waals surface area contributed by atoms with Crippen molar-refractivity contribution in [2.45, 2.75) is 41.5 Å². The molecule has 0 atom stereocenters. The summed E-state index contributed by atoms with van der Waals surface area (Å²) in [4.78, 5) is 12.7. The summed E-state index contributed by atoms with van der Waals surface area (Å²) in [6, 6.07) is 16.9. The minimum Gasteiger partial charge on any atom is -0.301 e. The van der Waals surface area contributed by atoms with Gasteiger partial charge in [-0.15, -0.1) is 0 Å². The van der Waals surface area contributed by atoms with E-state index in [2.05, 4.69) is 87.9 Å². The van der Waals surface area contributed by atoms with Gasteiger partial charge in [-0.25, -0.2) is 0 Å². The van der Waals surface area contributed by atoms with Gasteiger partial charge in [-0.1, -0.05) is 12.1 Å². The maximum Gasteiger partial charge on any atom is 0.0993 e. The van der Waals surface area contributed by atoms with Crippen molar-refractivity contribution in [3.05, 3.63) is 81.4 Å². The highest BCUT2D eigenvalue weighted by molar-refractivity contribution is 5.95. The zero-order valence-electron chi connectivity index (χ0n) is 21.4. The van der Waals surface area contributed by atoms with E-state index in [9.17, 15) is 5.26 Å². The highest BCUT2D eigenvalue weighted by atomic mass is 15.2. The maximum atomic E-state index is 9.87.